The Morgan fingerprint density at radius 3 is 2.55 bits per heavy atom. The van der Waals surface area contributed by atoms with Gasteiger partial charge < -0.3 is 5.11 Å². The molecular formula is C24H40N2O2S. The van der Waals surface area contributed by atoms with Crippen molar-refractivity contribution in [3.63, 3.8) is 0 Å². The number of hydrogen-bond acceptors (Lipinski definition) is 4. The first kappa shape index (κ1) is 25.5. The third-order valence-corrected chi connectivity index (χ3v) is 5.89. The van der Waals surface area contributed by atoms with Crippen molar-refractivity contribution in [3.05, 3.63) is 28.8 Å². The summed E-state index contributed by atoms with van der Waals surface area (Å²) >= 11 is 1.86. The van der Waals surface area contributed by atoms with E-state index in [1.165, 1.54) is 38.5 Å². The predicted octanol–water partition coefficient (Wildman–Crippen LogP) is 6.13. The van der Waals surface area contributed by atoms with E-state index in [0.29, 0.717) is 18.6 Å². The lowest BCUT2D eigenvalue weighted by Gasteiger charge is -2.22. The summed E-state index contributed by atoms with van der Waals surface area (Å²) in [6, 6.07) is 3.97. The van der Waals surface area contributed by atoms with Crippen LogP contribution in [0.15, 0.2) is 17.2 Å². The molecule has 0 heterocycles. The molecule has 4 nitrogen and oxygen atoms in total. The first-order valence-corrected chi connectivity index (χ1v) is 12.1. The highest BCUT2D eigenvalue weighted by atomic mass is 32.2. The van der Waals surface area contributed by atoms with Gasteiger partial charge in [0.25, 0.3) is 0 Å². The Bertz CT molecular complexity index is 651. The largest absolute Gasteiger partial charge is 0.507 e. The Kier molecular flexibility index (Phi) is 12.1. The zero-order valence-electron chi connectivity index (χ0n) is 19.0. The zero-order valence-corrected chi connectivity index (χ0v) is 19.8. The van der Waals surface area contributed by atoms with Crippen LogP contribution in [0.2, 0.25) is 0 Å². The number of aromatic hydroxyl groups is 1. The first-order chi connectivity index (χ1) is 13.8. The molecule has 2 N–H and O–H groups in total. The van der Waals surface area contributed by atoms with E-state index in [-0.39, 0.29) is 11.3 Å². The van der Waals surface area contributed by atoms with Crippen molar-refractivity contribution in [3.8, 4) is 5.75 Å². The maximum Gasteiger partial charge on any atom is 0.240 e. The van der Waals surface area contributed by atoms with E-state index < -0.39 is 0 Å². The lowest BCUT2D eigenvalue weighted by molar-refractivity contribution is -0.121. The van der Waals surface area contributed by atoms with Gasteiger partial charge >= 0.3 is 0 Å². The van der Waals surface area contributed by atoms with Crippen molar-refractivity contribution in [2.45, 2.75) is 91.4 Å². The van der Waals surface area contributed by atoms with Crippen LogP contribution in [0.5, 0.6) is 5.75 Å². The number of hydrazone groups is 1. The fraction of sp³-hybridized carbons (Fsp3) is 0.667. The molecule has 0 aliphatic carbocycles. The van der Waals surface area contributed by atoms with E-state index in [1.54, 1.807) is 6.21 Å². The Balaban J connectivity index is 2.26. The highest BCUT2D eigenvalue weighted by Gasteiger charge is 2.20. The maximum absolute atomic E-state index is 12.0. The monoisotopic (exact) mass is 420 g/mol. The number of benzene rings is 1. The SMILES string of the molecule is CCCCCCCCSCC=NNC(=O)CCc1cc(C)c(O)c(C(C)(C)C)c1. The van der Waals surface area contributed by atoms with E-state index >= 15 is 0 Å². The standard InChI is InChI=1S/C24H40N2O2S/c1-6-7-8-9-10-11-15-29-16-14-25-26-22(27)13-12-20-17-19(2)23(28)21(18-20)24(3,4)5/h14,17-18,28H,6-13,15-16H2,1-5H3,(H,26,27). The molecule has 164 valence electrons. The second-order valence-corrected chi connectivity index (χ2v) is 9.90. The average Bonchev–Trinajstić information content (AvgIpc) is 2.66. The number of phenols is 1. The summed E-state index contributed by atoms with van der Waals surface area (Å²) in [7, 11) is 0. The maximum atomic E-state index is 12.0. The van der Waals surface area contributed by atoms with Crippen molar-refractivity contribution in [1.82, 2.24) is 5.43 Å². The fourth-order valence-corrected chi connectivity index (χ4v) is 3.91. The molecule has 0 bridgehead atoms. The second kappa shape index (κ2) is 13.7. The lowest BCUT2D eigenvalue weighted by atomic mass is 9.83. The summed E-state index contributed by atoms with van der Waals surface area (Å²) in [5.41, 5.74) is 5.33. The topological polar surface area (TPSA) is 61.7 Å². The molecule has 0 aliphatic heterocycles. The molecule has 5 heteroatoms. The minimum Gasteiger partial charge on any atom is -0.507 e. The van der Waals surface area contributed by atoms with Crippen LogP contribution in [-0.4, -0.2) is 28.7 Å². The van der Waals surface area contributed by atoms with Crippen molar-refractivity contribution >= 4 is 23.9 Å². The second-order valence-electron chi connectivity index (χ2n) is 8.75. The molecule has 0 fully saturated rings. The molecule has 0 aromatic heterocycles. The van der Waals surface area contributed by atoms with E-state index in [1.807, 2.05) is 30.8 Å². The van der Waals surface area contributed by atoms with Crippen molar-refractivity contribution in [2.24, 2.45) is 5.10 Å². The Morgan fingerprint density at radius 2 is 1.86 bits per heavy atom. The number of amides is 1. The predicted molar refractivity (Wildman–Crippen MR) is 127 cm³/mol. The Labute approximate surface area is 181 Å². The van der Waals surface area contributed by atoms with Gasteiger partial charge in [-0.25, -0.2) is 5.43 Å². The quantitative estimate of drug-likeness (QED) is 0.229. The molecule has 1 amide bonds. The van der Waals surface area contributed by atoms with Gasteiger partial charge in [0.2, 0.25) is 5.91 Å². The van der Waals surface area contributed by atoms with Crippen LogP contribution < -0.4 is 5.43 Å². The molecule has 29 heavy (non-hydrogen) atoms. The minimum absolute atomic E-state index is 0.0785. The number of aryl methyl sites for hydroxylation is 2. The van der Waals surface area contributed by atoms with Crippen LogP contribution in [0.3, 0.4) is 0 Å². The summed E-state index contributed by atoms with van der Waals surface area (Å²) in [6.45, 7) is 10.4. The van der Waals surface area contributed by atoms with Gasteiger partial charge in [0, 0.05) is 18.4 Å². The summed E-state index contributed by atoms with van der Waals surface area (Å²) < 4.78 is 0. The van der Waals surface area contributed by atoms with Crippen LogP contribution in [0, 0.1) is 6.92 Å². The van der Waals surface area contributed by atoms with E-state index in [2.05, 4.69) is 38.2 Å². The van der Waals surface area contributed by atoms with Gasteiger partial charge in [0.15, 0.2) is 0 Å². The van der Waals surface area contributed by atoms with Gasteiger partial charge in [-0.05, 0) is 47.6 Å². The van der Waals surface area contributed by atoms with Gasteiger partial charge in [-0.2, -0.15) is 16.9 Å². The van der Waals surface area contributed by atoms with E-state index in [9.17, 15) is 9.90 Å². The van der Waals surface area contributed by atoms with Crippen molar-refractivity contribution in [1.29, 1.82) is 0 Å². The summed E-state index contributed by atoms with van der Waals surface area (Å²) in [5.74, 6) is 2.27. The number of thioether (sulfide) groups is 1. The summed E-state index contributed by atoms with van der Waals surface area (Å²) in [4.78, 5) is 12.0. The molecule has 1 aromatic rings. The highest BCUT2D eigenvalue weighted by molar-refractivity contribution is 7.99. The normalized spacial score (nSPS) is 11.9. The minimum atomic E-state index is -0.134. The number of rotatable bonds is 13. The molecule has 0 unspecified atom stereocenters. The van der Waals surface area contributed by atoms with Crippen LogP contribution >= 0.6 is 11.8 Å². The Morgan fingerprint density at radius 1 is 1.17 bits per heavy atom. The lowest BCUT2D eigenvalue weighted by Crippen LogP contribution is -2.18. The molecule has 1 aromatic carbocycles. The zero-order chi connectivity index (χ0) is 21.7. The van der Waals surface area contributed by atoms with Gasteiger partial charge in [0.05, 0.1) is 0 Å². The molecule has 0 spiro atoms. The smallest absolute Gasteiger partial charge is 0.240 e. The molecule has 0 aliphatic rings. The van der Waals surface area contributed by atoms with Gasteiger partial charge in [-0.3, -0.25) is 4.79 Å². The van der Waals surface area contributed by atoms with E-state index in [0.717, 1.165) is 28.2 Å². The molecule has 0 radical (unpaired) electrons. The average molecular weight is 421 g/mol. The van der Waals surface area contributed by atoms with Gasteiger partial charge in [-0.1, -0.05) is 71.9 Å². The van der Waals surface area contributed by atoms with Crippen LogP contribution in [-0.2, 0) is 16.6 Å². The molecule has 0 atom stereocenters. The molecular weight excluding hydrogens is 380 g/mol. The number of nitrogens with one attached hydrogen (secondary N) is 1. The highest BCUT2D eigenvalue weighted by Crippen LogP contribution is 2.34. The Hall–Kier alpha value is -1.49. The van der Waals surface area contributed by atoms with Crippen LogP contribution in [0.25, 0.3) is 0 Å². The number of carbonyl (C=O) groups is 1. The van der Waals surface area contributed by atoms with Crippen LogP contribution in [0.1, 0.15) is 89.3 Å². The number of hydrogen-bond donors (Lipinski definition) is 2. The van der Waals surface area contributed by atoms with Crippen LogP contribution in [0.4, 0.5) is 0 Å². The van der Waals surface area contributed by atoms with Gasteiger partial charge in [-0.15, -0.1) is 0 Å². The fourth-order valence-electron chi connectivity index (χ4n) is 3.16. The molecule has 0 saturated carbocycles. The number of phenolic OH excluding ortho intramolecular Hbond substituents is 1. The number of carbonyl (C=O) groups excluding carboxylic acids is 1. The number of unbranched alkanes of at least 4 members (excludes halogenated alkanes) is 5. The van der Waals surface area contributed by atoms with E-state index in [4.69, 9.17) is 0 Å². The summed E-state index contributed by atoms with van der Waals surface area (Å²) in [6.07, 6.45) is 10.7. The van der Waals surface area contributed by atoms with Gasteiger partial charge in [0.1, 0.15) is 5.75 Å². The first-order valence-electron chi connectivity index (χ1n) is 11.0. The third-order valence-electron chi connectivity index (χ3n) is 4.92. The molecule has 0 saturated heterocycles. The van der Waals surface area contributed by atoms with Crippen molar-refractivity contribution < 1.29 is 9.90 Å². The summed E-state index contributed by atoms with van der Waals surface area (Å²) in [5, 5.41) is 14.3. The molecule has 1 rings (SSSR count). The van der Waals surface area contributed by atoms with Crippen molar-refractivity contribution in [2.75, 3.05) is 11.5 Å². The third kappa shape index (κ3) is 10.7. The number of nitrogens with zero attached hydrogens (tertiary/aromatic N) is 1.